The summed E-state index contributed by atoms with van der Waals surface area (Å²) >= 11 is 5.94. The minimum Gasteiger partial charge on any atom is -0.479 e. The summed E-state index contributed by atoms with van der Waals surface area (Å²) in [5.74, 6) is -2.66. The molecule has 1 aromatic heterocycles. The number of aliphatic hydroxyl groups excluding tert-OH is 1. The van der Waals surface area contributed by atoms with Crippen LogP contribution in [0, 0.1) is 5.82 Å². The van der Waals surface area contributed by atoms with Crippen LogP contribution in [0.1, 0.15) is 22.4 Å². The summed E-state index contributed by atoms with van der Waals surface area (Å²) in [7, 11) is 0. The largest absolute Gasteiger partial charge is 0.479 e. The van der Waals surface area contributed by atoms with Crippen molar-refractivity contribution in [2.24, 2.45) is 0 Å². The molecule has 2 atom stereocenters. The standard InChI is InChI=1S/C23H19ClF4N2O3/c24-17-6-7-20(29-12-17)22(30-13-19(31)21(32)33,11-14-4-2-1-3-5-14)15-8-16(23(26,27)28)10-18(25)9-15/h1-10,12,19,30-31H,11,13H2,(H,32,33)/t19?,22-/m0/s1. The first-order valence-corrected chi connectivity index (χ1v) is 10.1. The van der Waals surface area contributed by atoms with Crippen LogP contribution in [0.2, 0.25) is 5.02 Å². The van der Waals surface area contributed by atoms with Gasteiger partial charge in [0, 0.05) is 19.2 Å². The monoisotopic (exact) mass is 482 g/mol. The molecule has 0 saturated heterocycles. The highest BCUT2D eigenvalue weighted by atomic mass is 35.5. The fourth-order valence-electron chi connectivity index (χ4n) is 3.48. The molecule has 0 radical (unpaired) electrons. The van der Waals surface area contributed by atoms with E-state index in [1.165, 1.54) is 18.3 Å². The molecule has 0 bridgehead atoms. The van der Waals surface area contributed by atoms with E-state index < -0.39 is 41.7 Å². The second-order valence-electron chi connectivity index (χ2n) is 7.39. The van der Waals surface area contributed by atoms with E-state index in [-0.39, 0.29) is 22.7 Å². The number of hydrogen-bond donors (Lipinski definition) is 3. The fraction of sp³-hybridized carbons (Fsp3) is 0.217. The van der Waals surface area contributed by atoms with E-state index in [0.29, 0.717) is 11.6 Å². The first kappa shape index (κ1) is 24.6. The third-order valence-corrected chi connectivity index (χ3v) is 5.30. The van der Waals surface area contributed by atoms with E-state index in [1.54, 1.807) is 30.3 Å². The molecular weight excluding hydrogens is 464 g/mol. The zero-order chi connectivity index (χ0) is 24.2. The lowest BCUT2D eigenvalue weighted by molar-refractivity contribution is -0.146. The van der Waals surface area contributed by atoms with Gasteiger partial charge in [-0.2, -0.15) is 13.2 Å². The van der Waals surface area contributed by atoms with Gasteiger partial charge in [0.05, 0.1) is 21.8 Å². The Morgan fingerprint density at radius 1 is 1.06 bits per heavy atom. The van der Waals surface area contributed by atoms with Crippen molar-refractivity contribution in [2.75, 3.05) is 6.54 Å². The first-order chi connectivity index (χ1) is 15.5. The van der Waals surface area contributed by atoms with Crippen molar-refractivity contribution in [1.82, 2.24) is 10.3 Å². The van der Waals surface area contributed by atoms with Crippen molar-refractivity contribution in [3.8, 4) is 0 Å². The van der Waals surface area contributed by atoms with Gasteiger partial charge in [0.2, 0.25) is 0 Å². The van der Waals surface area contributed by atoms with Crippen LogP contribution in [-0.2, 0) is 22.9 Å². The van der Waals surface area contributed by atoms with Gasteiger partial charge < -0.3 is 10.2 Å². The number of carboxylic acids is 1. The Bertz CT molecular complexity index is 1110. The Balaban J connectivity index is 2.27. The molecule has 0 aliphatic rings. The van der Waals surface area contributed by atoms with Crippen LogP contribution in [0.3, 0.4) is 0 Å². The Hall–Kier alpha value is -3.01. The van der Waals surface area contributed by atoms with Gasteiger partial charge in [-0.15, -0.1) is 0 Å². The van der Waals surface area contributed by atoms with E-state index in [2.05, 4.69) is 10.3 Å². The lowest BCUT2D eigenvalue weighted by Gasteiger charge is -2.36. The zero-order valence-corrected chi connectivity index (χ0v) is 17.7. The van der Waals surface area contributed by atoms with E-state index in [4.69, 9.17) is 16.7 Å². The molecule has 1 unspecified atom stereocenters. The quantitative estimate of drug-likeness (QED) is 0.414. The maximum absolute atomic E-state index is 14.4. The van der Waals surface area contributed by atoms with E-state index in [9.17, 15) is 27.5 Å². The van der Waals surface area contributed by atoms with Gasteiger partial charge in [0.15, 0.2) is 6.10 Å². The number of halogens is 5. The molecule has 10 heteroatoms. The molecule has 0 spiro atoms. The Morgan fingerprint density at radius 2 is 1.73 bits per heavy atom. The number of rotatable bonds is 8. The minimum atomic E-state index is -4.83. The molecule has 3 aromatic rings. The second kappa shape index (κ2) is 9.86. The molecule has 0 aliphatic carbocycles. The summed E-state index contributed by atoms with van der Waals surface area (Å²) in [6, 6.07) is 13.6. The number of carboxylic acid groups (broad SMARTS) is 1. The minimum absolute atomic E-state index is 0.0322. The van der Waals surface area contributed by atoms with Crippen LogP contribution in [0.25, 0.3) is 0 Å². The van der Waals surface area contributed by atoms with Gasteiger partial charge in [-0.05, 0) is 41.5 Å². The van der Waals surface area contributed by atoms with Gasteiger partial charge in [0.1, 0.15) is 5.82 Å². The summed E-state index contributed by atoms with van der Waals surface area (Å²) in [6.45, 7) is -0.551. The van der Waals surface area contributed by atoms with Gasteiger partial charge in [-0.1, -0.05) is 41.9 Å². The molecule has 33 heavy (non-hydrogen) atoms. The molecule has 5 nitrogen and oxygen atoms in total. The van der Waals surface area contributed by atoms with Crippen LogP contribution < -0.4 is 5.32 Å². The molecule has 0 aliphatic heterocycles. The summed E-state index contributed by atoms with van der Waals surface area (Å²) in [5, 5.41) is 22.1. The lowest BCUT2D eigenvalue weighted by atomic mass is 9.79. The average Bonchev–Trinajstić information content (AvgIpc) is 2.76. The van der Waals surface area contributed by atoms with Crippen LogP contribution in [-0.4, -0.2) is 33.8 Å². The van der Waals surface area contributed by atoms with Crippen LogP contribution in [0.5, 0.6) is 0 Å². The maximum Gasteiger partial charge on any atom is 0.416 e. The highest BCUT2D eigenvalue weighted by Gasteiger charge is 2.40. The highest BCUT2D eigenvalue weighted by molar-refractivity contribution is 6.30. The summed E-state index contributed by atoms with van der Waals surface area (Å²) < 4.78 is 54.9. The van der Waals surface area contributed by atoms with Crippen LogP contribution >= 0.6 is 11.6 Å². The molecule has 3 rings (SSSR count). The van der Waals surface area contributed by atoms with Crippen LogP contribution in [0.15, 0.2) is 66.9 Å². The number of alkyl halides is 3. The fourth-order valence-corrected chi connectivity index (χ4v) is 3.60. The summed E-state index contributed by atoms with van der Waals surface area (Å²) in [5.41, 5.74) is -2.20. The van der Waals surface area contributed by atoms with Crippen molar-refractivity contribution in [3.63, 3.8) is 0 Å². The summed E-state index contributed by atoms with van der Waals surface area (Å²) in [6.07, 6.45) is -5.46. The van der Waals surface area contributed by atoms with Crippen LogP contribution in [0.4, 0.5) is 17.6 Å². The molecule has 0 saturated carbocycles. The number of aliphatic carboxylic acids is 1. The zero-order valence-electron chi connectivity index (χ0n) is 17.0. The predicted molar refractivity (Wildman–Crippen MR) is 113 cm³/mol. The number of benzene rings is 2. The van der Waals surface area contributed by atoms with E-state index in [0.717, 1.165) is 12.1 Å². The Labute approximate surface area is 191 Å². The van der Waals surface area contributed by atoms with E-state index in [1.807, 2.05) is 0 Å². The van der Waals surface area contributed by atoms with Gasteiger partial charge >= 0.3 is 12.1 Å². The van der Waals surface area contributed by atoms with Crippen molar-refractivity contribution in [3.05, 3.63) is 100 Å². The predicted octanol–water partition coefficient (Wildman–Crippen LogP) is 4.41. The van der Waals surface area contributed by atoms with Gasteiger partial charge in [-0.3, -0.25) is 10.3 Å². The number of pyridine rings is 1. The summed E-state index contributed by atoms with van der Waals surface area (Å²) in [4.78, 5) is 15.4. The van der Waals surface area contributed by atoms with Crippen molar-refractivity contribution >= 4 is 17.6 Å². The number of nitrogens with one attached hydrogen (secondary N) is 1. The maximum atomic E-state index is 14.4. The Kier molecular flexibility index (Phi) is 7.36. The molecule has 0 fully saturated rings. The number of nitrogens with zero attached hydrogens (tertiary/aromatic N) is 1. The van der Waals surface area contributed by atoms with Gasteiger partial charge in [-0.25, -0.2) is 9.18 Å². The van der Waals surface area contributed by atoms with E-state index >= 15 is 0 Å². The average molecular weight is 483 g/mol. The number of aliphatic hydroxyl groups is 1. The second-order valence-corrected chi connectivity index (χ2v) is 7.83. The van der Waals surface area contributed by atoms with Crippen molar-refractivity contribution < 1.29 is 32.6 Å². The smallest absolute Gasteiger partial charge is 0.416 e. The lowest BCUT2D eigenvalue weighted by Crippen LogP contribution is -2.50. The molecule has 2 aromatic carbocycles. The third kappa shape index (κ3) is 5.87. The molecule has 3 N–H and O–H groups in total. The molecule has 1 heterocycles. The molecular formula is C23H19ClF4N2O3. The van der Waals surface area contributed by atoms with Crippen molar-refractivity contribution in [1.29, 1.82) is 0 Å². The first-order valence-electron chi connectivity index (χ1n) is 9.71. The van der Waals surface area contributed by atoms with Crippen molar-refractivity contribution in [2.45, 2.75) is 24.2 Å². The topological polar surface area (TPSA) is 82.5 Å². The highest BCUT2D eigenvalue weighted by Crippen LogP contribution is 2.37. The SMILES string of the molecule is O=C(O)C(O)CN[C@@](Cc1ccccc1)(c1cc(F)cc(C(F)(F)F)c1)c1ccc(Cl)cn1. The normalized spacial score (nSPS) is 14.5. The van der Waals surface area contributed by atoms with Gasteiger partial charge in [0.25, 0.3) is 0 Å². The number of hydrogen-bond acceptors (Lipinski definition) is 4. The third-order valence-electron chi connectivity index (χ3n) is 5.08. The molecule has 174 valence electrons. The number of carbonyl (C=O) groups is 1. The Morgan fingerprint density at radius 3 is 2.30 bits per heavy atom. The molecule has 0 amide bonds. The number of aromatic nitrogens is 1.